The summed E-state index contributed by atoms with van der Waals surface area (Å²) in [6.07, 6.45) is 10.8. The predicted octanol–water partition coefficient (Wildman–Crippen LogP) is 4.30. The van der Waals surface area contributed by atoms with E-state index in [-0.39, 0.29) is 6.10 Å². The highest BCUT2D eigenvalue weighted by atomic mass is 32.2. The maximum atomic E-state index is 12.1. The lowest BCUT2D eigenvalue weighted by Crippen LogP contribution is -2.45. The van der Waals surface area contributed by atoms with E-state index >= 15 is 0 Å². The average Bonchev–Trinajstić information content (AvgIpc) is 3.63. The normalized spacial score (nSPS) is 29.8. The van der Waals surface area contributed by atoms with Crippen molar-refractivity contribution < 1.29 is 9.29 Å². The van der Waals surface area contributed by atoms with Gasteiger partial charge in [-0.05, 0) is 72.1 Å². The van der Waals surface area contributed by atoms with Crippen molar-refractivity contribution in [3.05, 3.63) is 66.4 Å². The molecule has 4 unspecified atom stereocenters. The van der Waals surface area contributed by atoms with Crippen LogP contribution >= 0.6 is 0 Å². The minimum absolute atomic E-state index is 0.0403. The number of anilines is 1. The van der Waals surface area contributed by atoms with Gasteiger partial charge in [0.15, 0.2) is 0 Å². The van der Waals surface area contributed by atoms with Crippen molar-refractivity contribution in [2.45, 2.75) is 55.5 Å². The Bertz CT molecular complexity index is 1540. The first-order valence-electron chi connectivity index (χ1n) is 14.0. The number of hydrogen-bond donors (Lipinski definition) is 1. The zero-order valence-corrected chi connectivity index (χ0v) is 22.6. The van der Waals surface area contributed by atoms with E-state index in [0.29, 0.717) is 29.1 Å². The summed E-state index contributed by atoms with van der Waals surface area (Å²) < 4.78 is 20.8. The number of nitrogens with zero attached hydrogens (tertiary/aromatic N) is 5. The van der Waals surface area contributed by atoms with Crippen LogP contribution in [0.25, 0.3) is 22.2 Å². The van der Waals surface area contributed by atoms with E-state index in [1.165, 1.54) is 5.56 Å². The molecule has 2 saturated heterocycles. The van der Waals surface area contributed by atoms with Crippen molar-refractivity contribution in [1.29, 1.82) is 0 Å². The molecule has 8 rings (SSSR count). The van der Waals surface area contributed by atoms with Gasteiger partial charge in [0.2, 0.25) is 0 Å². The minimum Gasteiger partial charge on any atom is -0.616 e. The van der Waals surface area contributed by atoms with Crippen molar-refractivity contribution >= 4 is 28.0 Å². The maximum Gasteiger partial charge on any atom is 0.146 e. The Hall–Kier alpha value is -3.14. The van der Waals surface area contributed by atoms with Gasteiger partial charge in [0, 0.05) is 43.5 Å². The molecule has 4 aromatic rings. The lowest BCUT2D eigenvalue weighted by molar-refractivity contribution is 0.126. The molecule has 3 aliphatic heterocycles. The van der Waals surface area contributed by atoms with Gasteiger partial charge < -0.3 is 19.6 Å². The zero-order chi connectivity index (χ0) is 26.1. The van der Waals surface area contributed by atoms with E-state index in [0.717, 1.165) is 84.6 Å². The molecule has 0 spiro atoms. The van der Waals surface area contributed by atoms with Gasteiger partial charge in [-0.2, -0.15) is 0 Å². The number of likely N-dealkylation sites (tertiary alicyclic amines) is 1. The number of nitrogen functional groups attached to an aromatic ring is 1. The number of ether oxygens (including phenoxy) is 1. The van der Waals surface area contributed by atoms with Crippen LogP contribution in [0.3, 0.4) is 0 Å². The van der Waals surface area contributed by atoms with Crippen LogP contribution in [0.1, 0.15) is 49.1 Å². The third-order valence-corrected chi connectivity index (χ3v) is 11.1. The van der Waals surface area contributed by atoms with Crippen LogP contribution in [0.2, 0.25) is 0 Å². The molecule has 9 heteroatoms. The molecule has 4 aliphatic rings. The smallest absolute Gasteiger partial charge is 0.146 e. The summed E-state index contributed by atoms with van der Waals surface area (Å²) in [5.41, 5.74) is 11.7. The molecular weight excluding hydrogens is 508 g/mol. The monoisotopic (exact) mass is 540 g/mol. The van der Waals surface area contributed by atoms with Crippen molar-refractivity contribution in [2.75, 3.05) is 24.6 Å². The summed E-state index contributed by atoms with van der Waals surface area (Å²) in [7, 11) is 0. The number of aromatic nitrogens is 4. The molecule has 1 saturated carbocycles. The van der Waals surface area contributed by atoms with Gasteiger partial charge in [0.05, 0.1) is 17.1 Å². The Morgan fingerprint density at radius 3 is 2.79 bits per heavy atom. The Morgan fingerprint density at radius 1 is 1.08 bits per heavy atom. The summed E-state index contributed by atoms with van der Waals surface area (Å²) in [6.45, 7) is 2.14. The zero-order valence-electron chi connectivity index (χ0n) is 21.8. The Morgan fingerprint density at radius 2 is 2.00 bits per heavy atom. The molecular formula is C30H32N6O2S. The number of rotatable bonds is 5. The second kappa shape index (κ2) is 9.21. The van der Waals surface area contributed by atoms with Crippen LogP contribution in [-0.4, -0.2) is 59.1 Å². The first-order valence-corrected chi connectivity index (χ1v) is 15.4. The number of benzene rings is 1. The Kier molecular flexibility index (Phi) is 5.60. The van der Waals surface area contributed by atoms with Gasteiger partial charge in [0.1, 0.15) is 40.6 Å². The molecule has 0 amide bonds. The molecule has 1 aromatic carbocycles. The first-order chi connectivity index (χ1) is 19.1. The van der Waals surface area contributed by atoms with Gasteiger partial charge in [-0.3, -0.25) is 9.88 Å². The highest BCUT2D eigenvalue weighted by molar-refractivity contribution is 7.92. The van der Waals surface area contributed by atoms with Crippen LogP contribution in [0, 0.1) is 5.92 Å². The molecule has 2 N–H and O–H groups in total. The van der Waals surface area contributed by atoms with E-state index in [1.807, 2.05) is 24.4 Å². The van der Waals surface area contributed by atoms with E-state index in [4.69, 9.17) is 10.5 Å². The maximum absolute atomic E-state index is 12.1. The van der Waals surface area contributed by atoms with Crippen LogP contribution < -0.4 is 10.5 Å². The van der Waals surface area contributed by atoms with Gasteiger partial charge in [-0.25, -0.2) is 9.97 Å². The SMILES string of the molecule is Nc1ncnc2c1c(-c1ccc3c(c1)OC(c1ccccn1)CC3)cn2C1CC(CN2CC3CC2C[S+]3[O-])C1. The van der Waals surface area contributed by atoms with E-state index < -0.39 is 11.2 Å². The Labute approximate surface area is 230 Å². The second-order valence-corrected chi connectivity index (χ2v) is 13.4. The Balaban J connectivity index is 1.06. The molecule has 39 heavy (non-hydrogen) atoms. The summed E-state index contributed by atoms with van der Waals surface area (Å²) in [5, 5.41) is 1.32. The summed E-state index contributed by atoms with van der Waals surface area (Å²) in [6, 6.07) is 13.4. The van der Waals surface area contributed by atoms with Crippen molar-refractivity contribution in [3.8, 4) is 16.9 Å². The molecule has 1 aliphatic carbocycles. The highest BCUT2D eigenvalue weighted by Gasteiger charge is 2.49. The number of pyridine rings is 1. The van der Waals surface area contributed by atoms with Gasteiger partial charge in [-0.15, -0.1) is 0 Å². The van der Waals surface area contributed by atoms with Gasteiger partial charge in [0.25, 0.3) is 0 Å². The fourth-order valence-electron chi connectivity index (χ4n) is 7.18. The molecule has 200 valence electrons. The lowest BCUT2D eigenvalue weighted by atomic mass is 9.79. The third-order valence-electron chi connectivity index (χ3n) is 9.29. The number of aryl methyl sites for hydroxylation is 1. The highest BCUT2D eigenvalue weighted by Crippen LogP contribution is 2.45. The summed E-state index contributed by atoms with van der Waals surface area (Å²) in [4.78, 5) is 16.1. The summed E-state index contributed by atoms with van der Waals surface area (Å²) in [5.74, 6) is 2.96. The third kappa shape index (κ3) is 4.01. The minimum atomic E-state index is -0.597. The molecule has 3 aromatic heterocycles. The fourth-order valence-corrected chi connectivity index (χ4v) is 8.97. The van der Waals surface area contributed by atoms with Crippen LogP contribution in [0.15, 0.2) is 55.1 Å². The molecule has 6 heterocycles. The first kappa shape index (κ1) is 23.7. The second-order valence-electron chi connectivity index (χ2n) is 11.6. The lowest BCUT2D eigenvalue weighted by Gasteiger charge is -2.40. The van der Waals surface area contributed by atoms with Crippen molar-refractivity contribution in [3.63, 3.8) is 0 Å². The molecule has 0 radical (unpaired) electrons. The van der Waals surface area contributed by atoms with Gasteiger partial charge in [-0.1, -0.05) is 18.2 Å². The summed E-state index contributed by atoms with van der Waals surface area (Å²) >= 11 is -0.597. The van der Waals surface area contributed by atoms with Gasteiger partial charge >= 0.3 is 0 Å². The molecule has 8 nitrogen and oxygen atoms in total. The number of nitrogens with two attached hydrogens (primary N) is 1. The topological polar surface area (TPSA) is 105 Å². The largest absolute Gasteiger partial charge is 0.616 e. The molecule has 2 bridgehead atoms. The van der Waals surface area contributed by atoms with Crippen LogP contribution in [0.5, 0.6) is 5.75 Å². The van der Waals surface area contributed by atoms with E-state index in [1.54, 1.807) is 6.33 Å². The number of fused-ring (bicyclic) bond motifs is 4. The van der Waals surface area contributed by atoms with Crippen LogP contribution in [-0.2, 0) is 17.6 Å². The van der Waals surface area contributed by atoms with Crippen molar-refractivity contribution in [2.24, 2.45) is 5.92 Å². The van der Waals surface area contributed by atoms with E-state index in [9.17, 15) is 4.55 Å². The molecule has 3 fully saturated rings. The fraction of sp³-hybridized carbons (Fsp3) is 0.433. The average molecular weight is 541 g/mol. The van der Waals surface area contributed by atoms with Crippen LogP contribution in [0.4, 0.5) is 5.82 Å². The number of hydrogen-bond acceptors (Lipinski definition) is 7. The predicted molar refractivity (Wildman–Crippen MR) is 152 cm³/mol. The van der Waals surface area contributed by atoms with Crippen molar-refractivity contribution in [1.82, 2.24) is 24.4 Å². The molecule has 4 atom stereocenters. The quantitative estimate of drug-likeness (QED) is 0.376. The van der Waals surface area contributed by atoms with E-state index in [2.05, 4.69) is 48.8 Å². The standard InChI is InChI=1S/C30H32N6O2S/c31-29-28-24(20-5-4-19-6-7-26(38-27(19)11-20)25-3-1-2-8-32-25)15-36(30(28)34-17-33-29)21-9-18(10-21)13-35-14-23-12-22(35)16-39(23)37/h1-5,8,11,15,17-18,21-23,26H,6-7,9-10,12-14,16H2,(H2,31,33,34).